The SMILES string of the molecule is CN1CCCC(CN)C1C(F)(F)F. The van der Waals surface area contributed by atoms with E-state index in [9.17, 15) is 13.2 Å². The first-order chi connectivity index (χ1) is 5.96. The van der Waals surface area contributed by atoms with E-state index in [2.05, 4.69) is 0 Å². The van der Waals surface area contributed by atoms with Gasteiger partial charge in [-0.3, -0.25) is 4.90 Å². The summed E-state index contributed by atoms with van der Waals surface area (Å²) in [7, 11) is 1.51. The molecule has 1 aliphatic heterocycles. The molecule has 1 rings (SSSR count). The van der Waals surface area contributed by atoms with Gasteiger partial charge in [0.05, 0.1) is 0 Å². The normalized spacial score (nSPS) is 32.1. The maximum absolute atomic E-state index is 12.5. The van der Waals surface area contributed by atoms with E-state index in [0.29, 0.717) is 13.0 Å². The number of nitrogens with zero attached hydrogens (tertiary/aromatic N) is 1. The lowest BCUT2D eigenvalue weighted by Crippen LogP contribution is -2.53. The van der Waals surface area contributed by atoms with Crippen molar-refractivity contribution in [1.29, 1.82) is 0 Å². The molecule has 0 spiro atoms. The van der Waals surface area contributed by atoms with Crippen molar-refractivity contribution in [3.63, 3.8) is 0 Å². The van der Waals surface area contributed by atoms with E-state index in [0.717, 1.165) is 6.42 Å². The van der Waals surface area contributed by atoms with E-state index in [1.54, 1.807) is 0 Å². The third kappa shape index (κ3) is 2.34. The number of hydrogen-bond acceptors (Lipinski definition) is 2. The van der Waals surface area contributed by atoms with Gasteiger partial charge in [-0.1, -0.05) is 0 Å². The van der Waals surface area contributed by atoms with Crippen LogP contribution >= 0.6 is 0 Å². The topological polar surface area (TPSA) is 29.3 Å². The van der Waals surface area contributed by atoms with Gasteiger partial charge in [0.2, 0.25) is 0 Å². The number of alkyl halides is 3. The van der Waals surface area contributed by atoms with Crippen molar-refractivity contribution in [2.24, 2.45) is 11.7 Å². The van der Waals surface area contributed by atoms with Crippen molar-refractivity contribution in [3.05, 3.63) is 0 Å². The summed E-state index contributed by atoms with van der Waals surface area (Å²) in [5.74, 6) is -0.432. The molecule has 0 aromatic rings. The van der Waals surface area contributed by atoms with Crippen LogP contribution in [-0.4, -0.2) is 37.3 Å². The number of likely N-dealkylation sites (tertiary alicyclic amines) is 1. The predicted molar refractivity (Wildman–Crippen MR) is 44.3 cm³/mol. The van der Waals surface area contributed by atoms with Crippen molar-refractivity contribution in [3.8, 4) is 0 Å². The first-order valence-corrected chi connectivity index (χ1v) is 4.44. The lowest BCUT2D eigenvalue weighted by molar-refractivity contribution is -0.200. The highest BCUT2D eigenvalue weighted by Gasteiger charge is 2.47. The summed E-state index contributed by atoms with van der Waals surface area (Å²) in [4.78, 5) is 1.36. The minimum atomic E-state index is -4.14. The molecule has 1 heterocycles. The minimum absolute atomic E-state index is 0.120. The Labute approximate surface area is 75.9 Å². The molecule has 1 saturated heterocycles. The van der Waals surface area contributed by atoms with Gasteiger partial charge < -0.3 is 5.73 Å². The van der Waals surface area contributed by atoms with Crippen LogP contribution in [0.5, 0.6) is 0 Å². The molecule has 0 amide bonds. The Morgan fingerprint density at radius 2 is 2.08 bits per heavy atom. The zero-order valence-corrected chi connectivity index (χ0v) is 7.64. The molecule has 2 unspecified atom stereocenters. The van der Waals surface area contributed by atoms with Crippen molar-refractivity contribution >= 4 is 0 Å². The third-order valence-electron chi connectivity index (χ3n) is 2.65. The Balaban J connectivity index is 2.73. The Hall–Kier alpha value is -0.290. The fraction of sp³-hybridized carbons (Fsp3) is 1.00. The summed E-state index contributed by atoms with van der Waals surface area (Å²) in [6.07, 6.45) is -2.74. The maximum Gasteiger partial charge on any atom is 0.404 e. The van der Waals surface area contributed by atoms with E-state index in [1.165, 1.54) is 11.9 Å². The van der Waals surface area contributed by atoms with E-state index < -0.39 is 18.1 Å². The Morgan fingerprint density at radius 3 is 2.46 bits per heavy atom. The van der Waals surface area contributed by atoms with E-state index >= 15 is 0 Å². The monoisotopic (exact) mass is 196 g/mol. The largest absolute Gasteiger partial charge is 0.404 e. The fourth-order valence-corrected chi connectivity index (χ4v) is 2.02. The second kappa shape index (κ2) is 3.84. The predicted octanol–water partition coefficient (Wildman–Crippen LogP) is 1.22. The molecule has 1 aliphatic rings. The summed E-state index contributed by atoms with van der Waals surface area (Å²) < 4.78 is 37.6. The van der Waals surface area contributed by atoms with E-state index in [-0.39, 0.29) is 6.54 Å². The molecular weight excluding hydrogens is 181 g/mol. The molecule has 13 heavy (non-hydrogen) atoms. The number of nitrogens with two attached hydrogens (primary N) is 1. The third-order valence-corrected chi connectivity index (χ3v) is 2.65. The van der Waals surface area contributed by atoms with Gasteiger partial charge in [0.25, 0.3) is 0 Å². The molecule has 0 aromatic heterocycles. The number of piperidine rings is 1. The minimum Gasteiger partial charge on any atom is -0.330 e. The molecular formula is C8H15F3N2. The maximum atomic E-state index is 12.5. The lowest BCUT2D eigenvalue weighted by atomic mass is 9.89. The van der Waals surface area contributed by atoms with Gasteiger partial charge in [0.15, 0.2) is 0 Å². The standard InChI is InChI=1S/C8H15F3N2/c1-13-4-2-3-6(5-12)7(13)8(9,10)11/h6-7H,2-5,12H2,1H3. The van der Waals surface area contributed by atoms with E-state index in [4.69, 9.17) is 5.73 Å². The summed E-state index contributed by atoms with van der Waals surface area (Å²) >= 11 is 0. The van der Waals surface area contributed by atoms with Crippen LogP contribution in [-0.2, 0) is 0 Å². The van der Waals surface area contributed by atoms with E-state index in [1.807, 2.05) is 0 Å². The average Bonchev–Trinajstić information content (AvgIpc) is 2.01. The van der Waals surface area contributed by atoms with Gasteiger partial charge in [0, 0.05) is 0 Å². The van der Waals surface area contributed by atoms with Gasteiger partial charge >= 0.3 is 6.18 Å². The highest BCUT2D eigenvalue weighted by Crippen LogP contribution is 2.34. The molecule has 0 saturated carbocycles. The van der Waals surface area contributed by atoms with Crippen LogP contribution in [0, 0.1) is 5.92 Å². The molecule has 2 atom stereocenters. The number of rotatable bonds is 1. The molecule has 0 bridgehead atoms. The molecule has 78 valence electrons. The Bertz CT molecular complexity index is 169. The molecule has 0 radical (unpaired) electrons. The molecule has 1 fully saturated rings. The molecule has 2 N–H and O–H groups in total. The second-order valence-corrected chi connectivity index (χ2v) is 3.61. The summed E-state index contributed by atoms with van der Waals surface area (Å²) in [6.45, 7) is 0.634. The van der Waals surface area contributed by atoms with Crippen LogP contribution < -0.4 is 5.73 Å². The molecule has 0 aromatic carbocycles. The summed E-state index contributed by atoms with van der Waals surface area (Å²) in [6, 6.07) is -1.34. The Kier molecular flexibility index (Phi) is 3.18. The fourth-order valence-electron chi connectivity index (χ4n) is 2.02. The van der Waals surface area contributed by atoms with Crippen molar-refractivity contribution in [2.45, 2.75) is 25.1 Å². The van der Waals surface area contributed by atoms with Crippen LogP contribution in [0.25, 0.3) is 0 Å². The smallest absolute Gasteiger partial charge is 0.330 e. The van der Waals surface area contributed by atoms with Crippen LogP contribution in [0.1, 0.15) is 12.8 Å². The van der Waals surface area contributed by atoms with Crippen molar-refractivity contribution in [1.82, 2.24) is 4.90 Å². The van der Waals surface area contributed by atoms with Crippen LogP contribution in [0.2, 0.25) is 0 Å². The summed E-state index contributed by atoms with van der Waals surface area (Å²) in [5.41, 5.74) is 5.33. The van der Waals surface area contributed by atoms with Gasteiger partial charge in [-0.05, 0) is 38.9 Å². The Morgan fingerprint density at radius 1 is 1.46 bits per heavy atom. The lowest BCUT2D eigenvalue weighted by Gasteiger charge is -2.39. The van der Waals surface area contributed by atoms with Crippen LogP contribution in [0.15, 0.2) is 0 Å². The highest BCUT2D eigenvalue weighted by molar-refractivity contribution is 4.88. The molecule has 0 aliphatic carbocycles. The number of hydrogen-bond donors (Lipinski definition) is 1. The van der Waals surface area contributed by atoms with Crippen LogP contribution in [0.3, 0.4) is 0 Å². The average molecular weight is 196 g/mol. The number of halogens is 3. The quantitative estimate of drug-likeness (QED) is 0.683. The van der Waals surface area contributed by atoms with Crippen molar-refractivity contribution in [2.75, 3.05) is 20.1 Å². The first-order valence-electron chi connectivity index (χ1n) is 4.44. The van der Waals surface area contributed by atoms with Gasteiger partial charge in [-0.25, -0.2) is 0 Å². The highest BCUT2D eigenvalue weighted by atomic mass is 19.4. The van der Waals surface area contributed by atoms with Crippen molar-refractivity contribution < 1.29 is 13.2 Å². The molecule has 2 nitrogen and oxygen atoms in total. The zero-order chi connectivity index (χ0) is 10.1. The van der Waals surface area contributed by atoms with Gasteiger partial charge in [-0.15, -0.1) is 0 Å². The van der Waals surface area contributed by atoms with Crippen LogP contribution in [0.4, 0.5) is 13.2 Å². The first kappa shape index (κ1) is 10.8. The molecule has 5 heteroatoms. The van der Waals surface area contributed by atoms with Gasteiger partial charge in [0.1, 0.15) is 6.04 Å². The summed E-state index contributed by atoms with van der Waals surface area (Å²) in [5, 5.41) is 0. The zero-order valence-electron chi connectivity index (χ0n) is 7.64. The second-order valence-electron chi connectivity index (χ2n) is 3.61. The van der Waals surface area contributed by atoms with Gasteiger partial charge in [-0.2, -0.15) is 13.2 Å².